The maximum Gasteiger partial charge on any atom is 0.417 e. The molecule has 1 aromatic heterocycles. The Hall–Kier alpha value is -3.16. The highest BCUT2D eigenvalue weighted by Gasteiger charge is 2.33. The van der Waals surface area contributed by atoms with E-state index in [1.807, 2.05) is 36.4 Å². The smallest absolute Gasteiger partial charge is 0.368 e. The summed E-state index contributed by atoms with van der Waals surface area (Å²) in [5.41, 5.74) is 7.34. The molecule has 1 unspecified atom stereocenters. The van der Waals surface area contributed by atoms with E-state index < -0.39 is 11.7 Å². The van der Waals surface area contributed by atoms with Crippen LogP contribution in [0.25, 0.3) is 22.0 Å². The molecule has 1 atom stereocenters. The van der Waals surface area contributed by atoms with Crippen LogP contribution in [0, 0.1) is 0 Å². The van der Waals surface area contributed by atoms with E-state index in [9.17, 15) is 13.2 Å². The molecule has 4 nitrogen and oxygen atoms in total. The number of hydrogen-bond acceptors (Lipinski definition) is 4. The summed E-state index contributed by atoms with van der Waals surface area (Å²) < 4.78 is 38.8. The lowest BCUT2D eigenvalue weighted by Crippen LogP contribution is -2.21. The first-order valence-corrected chi connectivity index (χ1v) is 9.86. The van der Waals surface area contributed by atoms with Gasteiger partial charge in [-0.2, -0.15) is 13.2 Å². The molecule has 0 radical (unpaired) electrons. The molecule has 0 aliphatic carbocycles. The molecule has 4 aromatic rings. The van der Waals surface area contributed by atoms with E-state index in [4.69, 9.17) is 17.3 Å². The molecule has 0 aliphatic rings. The van der Waals surface area contributed by atoms with Gasteiger partial charge >= 0.3 is 6.18 Å². The highest BCUT2D eigenvalue weighted by molar-refractivity contribution is 6.31. The molecule has 4 rings (SSSR count). The van der Waals surface area contributed by atoms with Gasteiger partial charge in [0, 0.05) is 24.2 Å². The summed E-state index contributed by atoms with van der Waals surface area (Å²) in [6.07, 6.45) is -3.17. The van der Waals surface area contributed by atoms with Gasteiger partial charge in [-0.1, -0.05) is 54.1 Å². The van der Waals surface area contributed by atoms with Crippen molar-refractivity contribution in [3.63, 3.8) is 0 Å². The number of hydrogen-bond donors (Lipinski definition) is 2. The standard InChI is InChI=1S/C23H18ClF3N4/c24-19-10-17(7-8-18(19)23(25,26)27)21-11-22(31-13-30-21)29-12-20(28)16-6-5-14-3-1-2-4-15(14)9-16/h1-11,13,20H,12,28H2,(H,29,30,31). The van der Waals surface area contributed by atoms with Gasteiger partial charge in [-0.05, 0) is 34.5 Å². The van der Waals surface area contributed by atoms with Crippen molar-refractivity contribution in [3.05, 3.63) is 89.2 Å². The van der Waals surface area contributed by atoms with Crippen molar-refractivity contribution in [2.24, 2.45) is 5.73 Å². The fourth-order valence-electron chi connectivity index (χ4n) is 3.29. The summed E-state index contributed by atoms with van der Waals surface area (Å²) in [5.74, 6) is 0.511. The number of alkyl halides is 3. The second-order valence-electron chi connectivity index (χ2n) is 7.07. The average molecular weight is 443 g/mol. The minimum atomic E-state index is -4.51. The first kappa shape index (κ1) is 21.1. The lowest BCUT2D eigenvalue weighted by molar-refractivity contribution is -0.137. The third-order valence-corrected chi connectivity index (χ3v) is 5.25. The molecule has 0 spiro atoms. The van der Waals surface area contributed by atoms with E-state index in [2.05, 4.69) is 21.4 Å². The van der Waals surface area contributed by atoms with Crippen molar-refractivity contribution in [2.75, 3.05) is 11.9 Å². The van der Waals surface area contributed by atoms with E-state index in [1.54, 1.807) is 6.07 Å². The van der Waals surface area contributed by atoms with Crippen LogP contribution in [-0.2, 0) is 6.18 Å². The molecule has 0 bridgehead atoms. The molecule has 0 saturated carbocycles. The largest absolute Gasteiger partial charge is 0.417 e. The fourth-order valence-corrected chi connectivity index (χ4v) is 3.57. The summed E-state index contributed by atoms with van der Waals surface area (Å²) in [4.78, 5) is 8.31. The van der Waals surface area contributed by atoms with Crippen LogP contribution in [0.3, 0.4) is 0 Å². The number of nitrogens with one attached hydrogen (secondary N) is 1. The predicted octanol–water partition coefficient (Wildman–Crippen LogP) is 6.08. The lowest BCUT2D eigenvalue weighted by atomic mass is 10.0. The molecule has 8 heteroatoms. The molecule has 0 amide bonds. The molecule has 31 heavy (non-hydrogen) atoms. The fraction of sp³-hybridized carbons (Fsp3) is 0.130. The Morgan fingerprint density at radius 3 is 2.45 bits per heavy atom. The molecule has 0 aliphatic heterocycles. The number of aromatic nitrogens is 2. The average Bonchev–Trinajstić information content (AvgIpc) is 2.76. The summed E-state index contributed by atoms with van der Waals surface area (Å²) in [5, 5.41) is 5.03. The van der Waals surface area contributed by atoms with Crippen LogP contribution in [0.15, 0.2) is 73.1 Å². The van der Waals surface area contributed by atoms with Crippen molar-refractivity contribution in [3.8, 4) is 11.3 Å². The van der Waals surface area contributed by atoms with E-state index in [-0.39, 0.29) is 11.1 Å². The molecular weight excluding hydrogens is 425 g/mol. The highest BCUT2D eigenvalue weighted by Crippen LogP contribution is 2.36. The Balaban J connectivity index is 1.49. The van der Waals surface area contributed by atoms with Crippen LogP contribution in [-0.4, -0.2) is 16.5 Å². The third-order valence-electron chi connectivity index (χ3n) is 4.94. The lowest BCUT2D eigenvalue weighted by Gasteiger charge is -2.15. The predicted molar refractivity (Wildman–Crippen MR) is 117 cm³/mol. The van der Waals surface area contributed by atoms with Crippen LogP contribution in [0.5, 0.6) is 0 Å². The zero-order valence-electron chi connectivity index (χ0n) is 16.2. The van der Waals surface area contributed by atoms with Gasteiger partial charge in [0.1, 0.15) is 12.1 Å². The van der Waals surface area contributed by atoms with Gasteiger partial charge in [0.25, 0.3) is 0 Å². The number of halogens is 4. The number of fused-ring (bicyclic) bond motifs is 1. The highest BCUT2D eigenvalue weighted by atomic mass is 35.5. The van der Waals surface area contributed by atoms with Gasteiger partial charge in [-0.25, -0.2) is 9.97 Å². The molecule has 3 aromatic carbocycles. The monoisotopic (exact) mass is 442 g/mol. The number of nitrogens with zero attached hydrogens (tertiary/aromatic N) is 2. The number of nitrogens with two attached hydrogens (primary N) is 1. The molecular formula is C23H18ClF3N4. The van der Waals surface area contributed by atoms with Crippen LogP contribution >= 0.6 is 11.6 Å². The normalized spacial score (nSPS) is 12.7. The Morgan fingerprint density at radius 1 is 0.935 bits per heavy atom. The van der Waals surface area contributed by atoms with E-state index in [0.29, 0.717) is 23.6 Å². The van der Waals surface area contributed by atoms with Crippen LogP contribution in [0.1, 0.15) is 17.2 Å². The maximum absolute atomic E-state index is 12.9. The Labute approximate surface area is 181 Å². The minimum Gasteiger partial charge on any atom is -0.368 e. The summed E-state index contributed by atoms with van der Waals surface area (Å²) in [6.45, 7) is 0.419. The first-order chi connectivity index (χ1) is 14.8. The van der Waals surface area contributed by atoms with Crippen molar-refractivity contribution < 1.29 is 13.2 Å². The van der Waals surface area contributed by atoms with Crippen molar-refractivity contribution in [2.45, 2.75) is 12.2 Å². The van der Waals surface area contributed by atoms with E-state index in [0.717, 1.165) is 22.4 Å². The SMILES string of the molecule is NC(CNc1cc(-c2ccc(C(F)(F)F)c(Cl)c2)ncn1)c1ccc2ccccc2c1. The molecule has 0 saturated heterocycles. The Bertz CT molecular complexity index is 1230. The van der Waals surface area contributed by atoms with Crippen LogP contribution in [0.4, 0.5) is 19.0 Å². The summed E-state index contributed by atoms with van der Waals surface area (Å²) >= 11 is 5.82. The van der Waals surface area contributed by atoms with Gasteiger partial charge in [-0.15, -0.1) is 0 Å². The van der Waals surface area contributed by atoms with Crippen LogP contribution < -0.4 is 11.1 Å². The molecule has 158 valence electrons. The summed E-state index contributed by atoms with van der Waals surface area (Å²) in [6, 6.07) is 19.0. The van der Waals surface area contributed by atoms with Gasteiger partial charge in [0.2, 0.25) is 0 Å². The minimum absolute atomic E-state index is 0.275. The van der Waals surface area contributed by atoms with Gasteiger partial charge in [0.05, 0.1) is 16.3 Å². The second kappa shape index (κ2) is 8.53. The van der Waals surface area contributed by atoms with Crippen molar-refractivity contribution >= 4 is 28.2 Å². The number of anilines is 1. The Morgan fingerprint density at radius 2 is 1.71 bits per heavy atom. The topological polar surface area (TPSA) is 63.8 Å². The van der Waals surface area contributed by atoms with E-state index >= 15 is 0 Å². The van der Waals surface area contributed by atoms with E-state index in [1.165, 1.54) is 18.5 Å². The van der Waals surface area contributed by atoms with Gasteiger partial charge in [0.15, 0.2) is 0 Å². The molecule has 3 N–H and O–H groups in total. The van der Waals surface area contributed by atoms with Gasteiger partial charge in [-0.3, -0.25) is 0 Å². The maximum atomic E-state index is 12.9. The number of rotatable bonds is 5. The van der Waals surface area contributed by atoms with Crippen molar-refractivity contribution in [1.29, 1.82) is 0 Å². The van der Waals surface area contributed by atoms with Gasteiger partial charge < -0.3 is 11.1 Å². The van der Waals surface area contributed by atoms with Crippen LogP contribution in [0.2, 0.25) is 5.02 Å². The number of benzene rings is 3. The summed E-state index contributed by atoms with van der Waals surface area (Å²) in [7, 11) is 0. The first-order valence-electron chi connectivity index (χ1n) is 9.48. The quantitative estimate of drug-likeness (QED) is 0.393. The molecule has 0 fully saturated rings. The Kier molecular flexibility index (Phi) is 5.80. The zero-order chi connectivity index (χ0) is 22.0. The second-order valence-corrected chi connectivity index (χ2v) is 7.48. The zero-order valence-corrected chi connectivity index (χ0v) is 17.0. The third kappa shape index (κ3) is 4.78. The van der Waals surface area contributed by atoms with Crippen molar-refractivity contribution in [1.82, 2.24) is 9.97 Å². The molecule has 1 heterocycles.